The molecule has 2 aromatic carbocycles. The van der Waals surface area contributed by atoms with E-state index in [0.29, 0.717) is 22.7 Å². The second-order valence-corrected chi connectivity index (χ2v) is 11.3. The number of nitrogens with two attached hydrogens (primary N) is 1. The molecule has 5 rings (SSSR count). The number of fused-ring (bicyclic) bond motifs is 1. The smallest absolute Gasteiger partial charge is 0.356 e. The summed E-state index contributed by atoms with van der Waals surface area (Å²) in [7, 11) is -2.25. The van der Waals surface area contributed by atoms with Crippen molar-refractivity contribution in [1.29, 1.82) is 0 Å². The van der Waals surface area contributed by atoms with Gasteiger partial charge in [0.15, 0.2) is 22.7 Å². The first-order chi connectivity index (χ1) is 20.2. The van der Waals surface area contributed by atoms with Crippen LogP contribution in [-0.4, -0.2) is 46.2 Å². The van der Waals surface area contributed by atoms with Crippen molar-refractivity contribution in [2.24, 2.45) is 0 Å². The van der Waals surface area contributed by atoms with Gasteiger partial charge < -0.3 is 33.8 Å². The molecule has 4 aromatic rings. The minimum atomic E-state index is -3.83. The predicted octanol–water partition coefficient (Wildman–Crippen LogP) is 4.31. The summed E-state index contributed by atoms with van der Waals surface area (Å²) in [4.78, 5) is 22.6. The lowest BCUT2D eigenvalue weighted by atomic mass is 10.1. The lowest BCUT2D eigenvalue weighted by molar-refractivity contribution is 0.115. The number of methoxy groups -OCH3 is 1. The zero-order valence-corrected chi connectivity index (χ0v) is 24.0. The van der Waals surface area contributed by atoms with E-state index in [1.165, 1.54) is 6.33 Å². The molecule has 0 saturated carbocycles. The van der Waals surface area contributed by atoms with Crippen molar-refractivity contribution in [2.75, 3.05) is 32.4 Å². The third-order valence-corrected chi connectivity index (χ3v) is 7.76. The summed E-state index contributed by atoms with van der Waals surface area (Å²) in [5.74, 6) is 1.37. The molecule has 3 N–H and O–H groups in total. The minimum Gasteiger partial charge on any atom is -0.497 e. The number of nitrogen functional groups attached to an aromatic ring is 1. The van der Waals surface area contributed by atoms with Gasteiger partial charge in [0.05, 0.1) is 26.7 Å². The van der Waals surface area contributed by atoms with Crippen LogP contribution in [0.1, 0.15) is 16.7 Å². The molecule has 3 heterocycles. The topological polar surface area (TPSA) is 162 Å². The van der Waals surface area contributed by atoms with Crippen molar-refractivity contribution in [1.82, 2.24) is 19.5 Å². The van der Waals surface area contributed by atoms with Gasteiger partial charge in [0.2, 0.25) is 5.95 Å². The van der Waals surface area contributed by atoms with Crippen molar-refractivity contribution in [3.05, 3.63) is 100 Å². The van der Waals surface area contributed by atoms with Gasteiger partial charge in [-0.25, -0.2) is 4.98 Å². The third-order valence-electron chi connectivity index (χ3n) is 6.22. The number of ether oxygens (including phenoxy) is 4. The van der Waals surface area contributed by atoms with Crippen LogP contribution in [0.25, 0.3) is 16.9 Å². The predicted molar refractivity (Wildman–Crippen MR) is 154 cm³/mol. The molecule has 1 aliphatic heterocycles. The second kappa shape index (κ2) is 12.6. The molecule has 0 aliphatic carbocycles. The largest absolute Gasteiger partial charge is 0.497 e. The number of aromatic amines is 1. The highest BCUT2D eigenvalue weighted by molar-refractivity contribution is 7.53. The first-order valence-corrected chi connectivity index (χ1v) is 14.6. The Balaban J connectivity index is 1.28. The summed E-state index contributed by atoms with van der Waals surface area (Å²) in [6.45, 7) is 5.86. The Morgan fingerprint density at radius 3 is 2.55 bits per heavy atom. The molecule has 0 amide bonds. The maximum atomic E-state index is 13.9. The number of hydrogen-bond acceptors (Lipinski definition) is 11. The van der Waals surface area contributed by atoms with Crippen LogP contribution in [0.4, 0.5) is 5.95 Å². The molecular weight excluding hydrogens is 565 g/mol. The molecule has 0 bridgehead atoms. The molecule has 1 unspecified atom stereocenters. The molecule has 0 spiro atoms. The lowest BCUT2D eigenvalue weighted by Gasteiger charge is -2.19. The number of anilines is 1. The average molecular weight is 596 g/mol. The van der Waals surface area contributed by atoms with Crippen molar-refractivity contribution >= 4 is 30.5 Å². The summed E-state index contributed by atoms with van der Waals surface area (Å²) < 4.78 is 49.4. The van der Waals surface area contributed by atoms with Crippen LogP contribution in [0.3, 0.4) is 0 Å². The van der Waals surface area contributed by atoms with Crippen LogP contribution in [-0.2, 0) is 41.0 Å². The van der Waals surface area contributed by atoms with Gasteiger partial charge in [0.1, 0.15) is 18.7 Å². The second-order valence-electron chi connectivity index (χ2n) is 9.30. The number of imidazole rings is 1. The molecule has 14 heteroatoms. The number of nitrogens with zero attached hydrogens (tertiary/aromatic N) is 3. The summed E-state index contributed by atoms with van der Waals surface area (Å²) >= 11 is 0. The fourth-order valence-corrected chi connectivity index (χ4v) is 5.27. The number of H-pyrrole nitrogens is 1. The van der Waals surface area contributed by atoms with Crippen LogP contribution in [0, 0.1) is 6.92 Å². The number of benzene rings is 2. The molecule has 0 saturated heterocycles. The SMILES string of the molecule is C=C1OC(COP(=O)(COCCn2cnc3c(=O)[nH]c(N)nc32)OCc2ccc(C)cc2)=C(c2ccc(OC)cc2)O1. The van der Waals surface area contributed by atoms with E-state index < -0.39 is 13.2 Å². The van der Waals surface area contributed by atoms with E-state index in [0.717, 1.165) is 11.1 Å². The molecule has 42 heavy (non-hydrogen) atoms. The lowest BCUT2D eigenvalue weighted by Crippen LogP contribution is -2.13. The maximum Gasteiger partial charge on any atom is 0.356 e. The molecule has 13 nitrogen and oxygen atoms in total. The van der Waals surface area contributed by atoms with E-state index in [9.17, 15) is 9.36 Å². The fourth-order valence-electron chi connectivity index (χ4n) is 4.03. The van der Waals surface area contributed by atoms with Crippen molar-refractivity contribution in [3.63, 3.8) is 0 Å². The van der Waals surface area contributed by atoms with Crippen LogP contribution >= 0.6 is 7.60 Å². The monoisotopic (exact) mass is 595 g/mol. The minimum absolute atomic E-state index is 0.0262. The highest BCUT2D eigenvalue weighted by atomic mass is 31.2. The summed E-state index contributed by atoms with van der Waals surface area (Å²) in [5, 5.41) is 0. The Labute approximate surface area is 241 Å². The molecule has 2 aromatic heterocycles. The van der Waals surface area contributed by atoms with Gasteiger partial charge in [-0.2, -0.15) is 4.98 Å². The van der Waals surface area contributed by atoms with Gasteiger partial charge >= 0.3 is 7.60 Å². The first kappa shape index (κ1) is 29.1. The molecule has 0 fully saturated rings. The van der Waals surface area contributed by atoms with Gasteiger partial charge in [-0.3, -0.25) is 18.9 Å². The van der Waals surface area contributed by atoms with E-state index in [2.05, 4.69) is 21.5 Å². The van der Waals surface area contributed by atoms with Crippen LogP contribution in [0.2, 0.25) is 0 Å². The average Bonchev–Trinajstić information content (AvgIpc) is 3.57. The Bertz CT molecular complexity index is 1710. The Morgan fingerprint density at radius 2 is 1.81 bits per heavy atom. The highest BCUT2D eigenvalue weighted by Gasteiger charge is 2.30. The van der Waals surface area contributed by atoms with Gasteiger partial charge in [0.25, 0.3) is 11.5 Å². The zero-order chi connectivity index (χ0) is 29.7. The number of aromatic nitrogens is 4. The van der Waals surface area contributed by atoms with Crippen LogP contribution in [0.15, 0.2) is 77.9 Å². The Kier molecular flexibility index (Phi) is 8.74. The summed E-state index contributed by atoms with van der Waals surface area (Å²) in [6.07, 6.45) is 1.10. The molecule has 0 radical (unpaired) electrons. The zero-order valence-electron chi connectivity index (χ0n) is 23.1. The van der Waals surface area contributed by atoms with E-state index in [4.69, 9.17) is 33.7 Å². The molecule has 220 valence electrons. The Hall–Kier alpha value is -4.42. The number of hydrogen-bond donors (Lipinski definition) is 2. The van der Waals surface area contributed by atoms with Crippen LogP contribution in [0.5, 0.6) is 5.75 Å². The van der Waals surface area contributed by atoms with Crippen molar-refractivity contribution < 1.29 is 32.6 Å². The van der Waals surface area contributed by atoms with Crippen molar-refractivity contribution in [3.8, 4) is 5.75 Å². The number of nitrogens with one attached hydrogen (secondary N) is 1. The molecule has 1 aliphatic rings. The van der Waals surface area contributed by atoms with Gasteiger partial charge in [-0.1, -0.05) is 29.8 Å². The standard InChI is InChI=1S/C28H30N5O8P/c1-18-4-6-20(7-5-18)14-38-42(35,17-37-13-12-33-16-30-24-26(33)31-28(29)32-27(24)34)39-15-23-25(41-19(2)40-23)21-8-10-22(36-3)11-9-21/h4-11,16H,2,12-15,17H2,1,3H3,(H3,29,31,32,34). The summed E-state index contributed by atoms with van der Waals surface area (Å²) in [5.41, 5.74) is 8.29. The number of rotatable bonds is 13. The van der Waals surface area contributed by atoms with E-state index in [1.807, 2.05) is 31.2 Å². The van der Waals surface area contributed by atoms with Gasteiger partial charge in [-0.05, 0) is 43.3 Å². The van der Waals surface area contributed by atoms with Gasteiger partial charge in [-0.15, -0.1) is 0 Å². The fraction of sp³-hybridized carbons (Fsp3) is 0.250. The van der Waals surface area contributed by atoms with E-state index >= 15 is 0 Å². The number of aryl methyl sites for hydroxylation is 1. The van der Waals surface area contributed by atoms with Crippen LogP contribution < -0.4 is 16.0 Å². The Morgan fingerprint density at radius 1 is 1.07 bits per heavy atom. The van der Waals surface area contributed by atoms with Gasteiger partial charge in [0, 0.05) is 12.1 Å². The third kappa shape index (κ3) is 6.89. The molecule has 1 atom stereocenters. The van der Waals surface area contributed by atoms with E-state index in [1.54, 1.807) is 35.9 Å². The normalized spacial score (nSPS) is 14.6. The van der Waals surface area contributed by atoms with E-state index in [-0.39, 0.29) is 55.9 Å². The quantitative estimate of drug-likeness (QED) is 0.167. The highest BCUT2D eigenvalue weighted by Crippen LogP contribution is 2.50. The summed E-state index contributed by atoms with van der Waals surface area (Å²) in [6, 6.07) is 14.8. The molecular formula is C28H30N5O8P. The first-order valence-electron chi connectivity index (χ1n) is 12.9. The maximum absolute atomic E-state index is 13.9. The van der Waals surface area contributed by atoms with Crippen molar-refractivity contribution in [2.45, 2.75) is 20.1 Å².